The molecule has 5 heteroatoms. The van der Waals surface area contributed by atoms with Gasteiger partial charge in [-0.3, -0.25) is 15.0 Å². The van der Waals surface area contributed by atoms with Crippen LogP contribution in [-0.2, 0) is 13.1 Å². The summed E-state index contributed by atoms with van der Waals surface area (Å²) in [5, 5.41) is 10.9. The maximum atomic E-state index is 10.9. The van der Waals surface area contributed by atoms with Crippen LogP contribution in [-0.4, -0.2) is 16.4 Å². The van der Waals surface area contributed by atoms with Gasteiger partial charge < -0.3 is 5.73 Å². The Morgan fingerprint density at radius 2 is 1.86 bits per heavy atom. The van der Waals surface area contributed by atoms with Gasteiger partial charge in [0.05, 0.1) is 4.92 Å². The highest BCUT2D eigenvalue weighted by Crippen LogP contribution is 2.21. The molecule has 2 rings (SSSR count). The van der Waals surface area contributed by atoms with Crippen molar-refractivity contribution in [1.29, 1.82) is 0 Å². The first-order chi connectivity index (χ1) is 10.1. The Morgan fingerprint density at radius 1 is 1.14 bits per heavy atom. The first-order valence-corrected chi connectivity index (χ1v) is 6.89. The summed E-state index contributed by atoms with van der Waals surface area (Å²) in [7, 11) is 0. The highest BCUT2D eigenvalue weighted by atomic mass is 16.6. The van der Waals surface area contributed by atoms with Gasteiger partial charge in [0.25, 0.3) is 5.69 Å². The van der Waals surface area contributed by atoms with E-state index in [1.54, 1.807) is 12.1 Å². The van der Waals surface area contributed by atoms with Crippen LogP contribution in [0.1, 0.15) is 18.1 Å². The number of nitrogens with two attached hydrogens (primary N) is 1. The fourth-order valence-corrected chi connectivity index (χ4v) is 2.20. The summed E-state index contributed by atoms with van der Waals surface area (Å²) in [5.41, 5.74) is 8.61. The fourth-order valence-electron chi connectivity index (χ4n) is 2.20. The van der Waals surface area contributed by atoms with Gasteiger partial charge in [-0.2, -0.15) is 0 Å². The van der Waals surface area contributed by atoms with Crippen molar-refractivity contribution in [2.75, 3.05) is 12.3 Å². The predicted octanol–water partition coefficient (Wildman–Crippen LogP) is 3.20. The second-order valence-corrected chi connectivity index (χ2v) is 4.93. The summed E-state index contributed by atoms with van der Waals surface area (Å²) in [4.78, 5) is 12.7. The maximum Gasteiger partial charge on any atom is 0.269 e. The lowest BCUT2D eigenvalue weighted by molar-refractivity contribution is -0.384. The van der Waals surface area contributed by atoms with Gasteiger partial charge in [-0.05, 0) is 23.7 Å². The molecule has 0 aromatic heterocycles. The number of hydrogen-bond donors (Lipinski definition) is 1. The van der Waals surface area contributed by atoms with E-state index >= 15 is 0 Å². The third-order valence-electron chi connectivity index (χ3n) is 3.43. The molecule has 2 aromatic carbocycles. The Kier molecular flexibility index (Phi) is 4.90. The standard InChI is InChI=1S/C16H19N3O2/c1-2-18(11-13-6-4-3-5-7-13)12-14-10-15(19(20)21)8-9-16(14)17/h3-10H,2,11-12,17H2,1H3. The van der Waals surface area contributed by atoms with Gasteiger partial charge in [0.15, 0.2) is 0 Å². The maximum absolute atomic E-state index is 10.9. The number of nitro benzene ring substituents is 1. The van der Waals surface area contributed by atoms with E-state index in [0.717, 1.165) is 18.7 Å². The molecule has 0 aliphatic heterocycles. The topological polar surface area (TPSA) is 72.4 Å². The van der Waals surface area contributed by atoms with Crippen LogP contribution in [0.25, 0.3) is 0 Å². The second-order valence-electron chi connectivity index (χ2n) is 4.93. The van der Waals surface area contributed by atoms with Crippen molar-refractivity contribution < 1.29 is 4.92 Å². The van der Waals surface area contributed by atoms with Crippen LogP contribution in [0.3, 0.4) is 0 Å². The van der Waals surface area contributed by atoms with Gasteiger partial charge in [-0.15, -0.1) is 0 Å². The fraction of sp³-hybridized carbons (Fsp3) is 0.250. The van der Waals surface area contributed by atoms with E-state index in [1.165, 1.54) is 11.6 Å². The average Bonchev–Trinajstić information content (AvgIpc) is 2.49. The van der Waals surface area contributed by atoms with Gasteiger partial charge in [0.1, 0.15) is 0 Å². The zero-order valence-corrected chi connectivity index (χ0v) is 12.0. The number of benzene rings is 2. The van der Waals surface area contributed by atoms with Gasteiger partial charge in [0.2, 0.25) is 0 Å². The minimum atomic E-state index is -0.392. The minimum Gasteiger partial charge on any atom is -0.398 e. The molecule has 0 aliphatic rings. The zero-order valence-electron chi connectivity index (χ0n) is 12.0. The first kappa shape index (κ1) is 15.0. The van der Waals surface area contributed by atoms with E-state index in [4.69, 9.17) is 5.73 Å². The zero-order chi connectivity index (χ0) is 15.2. The van der Waals surface area contributed by atoms with Crippen LogP contribution in [0.5, 0.6) is 0 Å². The molecule has 5 nitrogen and oxygen atoms in total. The molecule has 0 spiro atoms. The third kappa shape index (κ3) is 4.03. The lowest BCUT2D eigenvalue weighted by atomic mass is 10.1. The van der Waals surface area contributed by atoms with E-state index in [2.05, 4.69) is 24.0 Å². The van der Waals surface area contributed by atoms with Gasteiger partial charge in [0, 0.05) is 30.9 Å². The van der Waals surface area contributed by atoms with Crippen LogP contribution in [0, 0.1) is 10.1 Å². The SMILES string of the molecule is CCN(Cc1ccccc1)Cc1cc([N+](=O)[O-])ccc1N. The number of hydrogen-bond acceptors (Lipinski definition) is 4. The Morgan fingerprint density at radius 3 is 2.48 bits per heavy atom. The van der Waals surface area contributed by atoms with Crippen molar-refractivity contribution in [3.63, 3.8) is 0 Å². The van der Waals surface area contributed by atoms with Gasteiger partial charge >= 0.3 is 0 Å². The van der Waals surface area contributed by atoms with Crippen molar-refractivity contribution in [2.24, 2.45) is 0 Å². The van der Waals surface area contributed by atoms with Crippen LogP contribution in [0.15, 0.2) is 48.5 Å². The molecule has 0 amide bonds. The van der Waals surface area contributed by atoms with E-state index in [9.17, 15) is 10.1 Å². The molecule has 0 bridgehead atoms. The van der Waals surface area contributed by atoms with Crippen molar-refractivity contribution in [3.05, 3.63) is 69.8 Å². The lowest BCUT2D eigenvalue weighted by Crippen LogP contribution is -2.22. The molecule has 0 aliphatic carbocycles. The summed E-state index contributed by atoms with van der Waals surface area (Å²) in [6, 6.07) is 14.7. The average molecular weight is 285 g/mol. The number of nitrogen functional groups attached to an aromatic ring is 1. The van der Waals surface area contributed by atoms with Crippen molar-refractivity contribution in [1.82, 2.24) is 4.90 Å². The molecule has 2 aromatic rings. The molecule has 0 radical (unpaired) electrons. The molecule has 21 heavy (non-hydrogen) atoms. The molecule has 0 fully saturated rings. The monoisotopic (exact) mass is 285 g/mol. The molecule has 0 saturated carbocycles. The minimum absolute atomic E-state index is 0.0787. The summed E-state index contributed by atoms with van der Waals surface area (Å²) in [5.74, 6) is 0. The van der Waals surface area contributed by atoms with E-state index in [0.29, 0.717) is 12.2 Å². The molecule has 110 valence electrons. The molecule has 0 unspecified atom stereocenters. The van der Waals surface area contributed by atoms with Crippen molar-refractivity contribution in [3.8, 4) is 0 Å². The number of rotatable bonds is 6. The van der Waals surface area contributed by atoms with Crippen molar-refractivity contribution in [2.45, 2.75) is 20.0 Å². The van der Waals surface area contributed by atoms with E-state index < -0.39 is 4.92 Å². The highest BCUT2D eigenvalue weighted by molar-refractivity contribution is 5.52. The Balaban J connectivity index is 2.14. The summed E-state index contributed by atoms with van der Waals surface area (Å²) in [6.45, 7) is 4.30. The summed E-state index contributed by atoms with van der Waals surface area (Å²) < 4.78 is 0. The molecule has 0 heterocycles. The number of non-ortho nitro benzene ring substituents is 1. The Hall–Kier alpha value is -2.40. The highest BCUT2D eigenvalue weighted by Gasteiger charge is 2.12. The Labute approximate surface area is 124 Å². The lowest BCUT2D eigenvalue weighted by Gasteiger charge is -2.21. The van der Waals surface area contributed by atoms with Crippen LogP contribution in [0.4, 0.5) is 11.4 Å². The van der Waals surface area contributed by atoms with Crippen LogP contribution >= 0.6 is 0 Å². The van der Waals surface area contributed by atoms with Gasteiger partial charge in [-0.25, -0.2) is 0 Å². The molecular weight excluding hydrogens is 266 g/mol. The van der Waals surface area contributed by atoms with Crippen molar-refractivity contribution >= 4 is 11.4 Å². The number of nitro groups is 1. The smallest absolute Gasteiger partial charge is 0.269 e. The molecule has 2 N–H and O–H groups in total. The van der Waals surface area contributed by atoms with E-state index in [-0.39, 0.29) is 5.69 Å². The third-order valence-corrected chi connectivity index (χ3v) is 3.43. The first-order valence-electron chi connectivity index (χ1n) is 6.89. The molecular formula is C16H19N3O2. The normalized spacial score (nSPS) is 10.8. The van der Waals surface area contributed by atoms with Crippen LogP contribution in [0.2, 0.25) is 0 Å². The molecule has 0 saturated heterocycles. The number of nitrogens with zero attached hydrogens (tertiary/aromatic N) is 2. The Bertz CT molecular complexity index is 614. The van der Waals surface area contributed by atoms with E-state index in [1.807, 2.05) is 18.2 Å². The molecule has 0 atom stereocenters. The van der Waals surface area contributed by atoms with Crippen LogP contribution < -0.4 is 5.73 Å². The quantitative estimate of drug-likeness (QED) is 0.502. The predicted molar refractivity (Wildman–Crippen MR) is 83.7 cm³/mol. The number of anilines is 1. The summed E-state index contributed by atoms with van der Waals surface area (Å²) >= 11 is 0. The van der Waals surface area contributed by atoms with Gasteiger partial charge in [-0.1, -0.05) is 37.3 Å². The summed E-state index contributed by atoms with van der Waals surface area (Å²) in [6.07, 6.45) is 0. The largest absolute Gasteiger partial charge is 0.398 e. The second kappa shape index (κ2) is 6.85.